The highest BCUT2D eigenvalue weighted by Gasteiger charge is 2.25. The van der Waals surface area contributed by atoms with Gasteiger partial charge in [-0.05, 0) is 24.3 Å². The van der Waals surface area contributed by atoms with E-state index in [1.807, 2.05) is 24.3 Å². The molecule has 0 saturated carbocycles. The lowest BCUT2D eigenvalue weighted by atomic mass is 10.2. The summed E-state index contributed by atoms with van der Waals surface area (Å²) in [4.78, 5) is 44.8. The molecule has 0 atom stereocenters. The van der Waals surface area contributed by atoms with Gasteiger partial charge in [0, 0.05) is 31.6 Å². The van der Waals surface area contributed by atoms with E-state index in [1.54, 1.807) is 35.5 Å². The molecule has 1 N–H and O–H groups in total. The summed E-state index contributed by atoms with van der Waals surface area (Å²) >= 11 is 0. The lowest BCUT2D eigenvalue weighted by Crippen LogP contribution is -2.49. The maximum absolute atomic E-state index is 12.9. The Labute approximate surface area is 165 Å². The van der Waals surface area contributed by atoms with Crippen molar-refractivity contribution < 1.29 is 4.79 Å². The minimum absolute atomic E-state index is 0.0784. The third kappa shape index (κ3) is 3.08. The van der Waals surface area contributed by atoms with Crippen molar-refractivity contribution >= 4 is 33.5 Å². The van der Waals surface area contributed by atoms with Crippen LogP contribution >= 0.6 is 0 Å². The SMILES string of the molecule is O=C(c1nc2ccccc2c(=O)[nH]1)N1CCN(c2ncnc3ccccc23)CC1. The number of nitrogens with one attached hydrogen (secondary N) is 1. The molecule has 2 aromatic heterocycles. The van der Waals surface area contributed by atoms with Gasteiger partial charge < -0.3 is 14.8 Å². The highest BCUT2D eigenvalue weighted by Crippen LogP contribution is 2.23. The molecule has 0 aliphatic carbocycles. The van der Waals surface area contributed by atoms with E-state index in [-0.39, 0.29) is 17.3 Å². The van der Waals surface area contributed by atoms with Gasteiger partial charge in [-0.15, -0.1) is 0 Å². The second-order valence-corrected chi connectivity index (χ2v) is 6.93. The zero-order valence-electron chi connectivity index (χ0n) is 15.6. The Kier molecular flexibility index (Phi) is 4.16. The number of aromatic amines is 1. The summed E-state index contributed by atoms with van der Waals surface area (Å²) in [6.45, 7) is 2.33. The number of rotatable bonds is 2. The van der Waals surface area contributed by atoms with E-state index in [2.05, 4.69) is 24.8 Å². The van der Waals surface area contributed by atoms with E-state index in [4.69, 9.17) is 0 Å². The van der Waals surface area contributed by atoms with Gasteiger partial charge in [0.1, 0.15) is 12.1 Å². The molecule has 3 heterocycles. The fourth-order valence-electron chi connectivity index (χ4n) is 3.70. The van der Waals surface area contributed by atoms with Crippen molar-refractivity contribution in [3.63, 3.8) is 0 Å². The molecule has 0 bridgehead atoms. The Balaban J connectivity index is 1.36. The van der Waals surface area contributed by atoms with E-state index in [9.17, 15) is 9.59 Å². The number of H-pyrrole nitrogens is 1. The molecule has 1 fully saturated rings. The number of hydrogen-bond acceptors (Lipinski definition) is 6. The molecule has 4 aromatic rings. The number of aromatic nitrogens is 4. The number of piperazine rings is 1. The number of para-hydroxylation sites is 2. The first-order valence-corrected chi connectivity index (χ1v) is 9.44. The van der Waals surface area contributed by atoms with Crippen molar-refractivity contribution in [2.75, 3.05) is 31.1 Å². The van der Waals surface area contributed by atoms with Crippen molar-refractivity contribution in [2.45, 2.75) is 0 Å². The lowest BCUT2D eigenvalue weighted by Gasteiger charge is -2.35. The molecule has 144 valence electrons. The van der Waals surface area contributed by atoms with Crippen molar-refractivity contribution in [1.29, 1.82) is 0 Å². The summed E-state index contributed by atoms with van der Waals surface area (Å²) < 4.78 is 0. The highest BCUT2D eigenvalue weighted by molar-refractivity contribution is 5.93. The number of benzene rings is 2. The fourth-order valence-corrected chi connectivity index (χ4v) is 3.70. The number of amides is 1. The van der Waals surface area contributed by atoms with Gasteiger partial charge in [-0.1, -0.05) is 24.3 Å². The fraction of sp³-hybridized carbons (Fsp3) is 0.190. The Hall–Kier alpha value is -3.81. The maximum Gasteiger partial charge on any atom is 0.289 e. The van der Waals surface area contributed by atoms with Crippen LogP contribution in [0.4, 0.5) is 5.82 Å². The van der Waals surface area contributed by atoms with Gasteiger partial charge in [-0.2, -0.15) is 0 Å². The van der Waals surface area contributed by atoms with Gasteiger partial charge in [-0.25, -0.2) is 15.0 Å². The predicted octanol–water partition coefficient (Wildman–Crippen LogP) is 1.83. The minimum Gasteiger partial charge on any atom is -0.352 e. The Morgan fingerprint density at radius 2 is 1.55 bits per heavy atom. The third-order valence-corrected chi connectivity index (χ3v) is 5.20. The standard InChI is InChI=1S/C21H18N6O2/c28-20-15-6-2-4-8-17(15)24-18(25-20)21(29)27-11-9-26(10-12-27)19-14-5-1-3-7-16(14)22-13-23-19/h1-8,13H,9-12H2,(H,24,25,28). The Morgan fingerprint density at radius 1 is 0.862 bits per heavy atom. The van der Waals surface area contributed by atoms with Crippen LogP contribution in [0.2, 0.25) is 0 Å². The molecule has 0 spiro atoms. The van der Waals surface area contributed by atoms with Gasteiger partial charge in [0.25, 0.3) is 11.5 Å². The molecule has 0 radical (unpaired) electrons. The molecule has 8 heteroatoms. The van der Waals surface area contributed by atoms with Gasteiger partial charge in [-0.3, -0.25) is 9.59 Å². The minimum atomic E-state index is -0.301. The van der Waals surface area contributed by atoms with E-state index in [0.717, 1.165) is 16.7 Å². The lowest BCUT2D eigenvalue weighted by molar-refractivity contribution is 0.0734. The van der Waals surface area contributed by atoms with Crippen LogP contribution in [0.3, 0.4) is 0 Å². The summed E-state index contributed by atoms with van der Waals surface area (Å²) in [6.07, 6.45) is 1.57. The molecule has 2 aromatic carbocycles. The van der Waals surface area contributed by atoms with E-state index < -0.39 is 0 Å². The molecule has 8 nitrogen and oxygen atoms in total. The van der Waals surface area contributed by atoms with Crippen LogP contribution in [0.1, 0.15) is 10.6 Å². The number of hydrogen-bond donors (Lipinski definition) is 1. The first-order chi connectivity index (χ1) is 14.2. The predicted molar refractivity (Wildman–Crippen MR) is 110 cm³/mol. The molecule has 0 unspecified atom stereocenters. The molecule has 5 rings (SSSR count). The molecule has 1 aliphatic heterocycles. The molecule has 1 saturated heterocycles. The average Bonchev–Trinajstić information content (AvgIpc) is 2.78. The van der Waals surface area contributed by atoms with Crippen molar-refractivity contribution in [2.24, 2.45) is 0 Å². The smallest absolute Gasteiger partial charge is 0.289 e. The van der Waals surface area contributed by atoms with Gasteiger partial charge in [0.05, 0.1) is 16.4 Å². The number of carbonyl (C=O) groups excluding carboxylic acids is 1. The summed E-state index contributed by atoms with van der Waals surface area (Å²) in [5.74, 6) is 0.689. The first-order valence-electron chi connectivity index (χ1n) is 9.44. The summed E-state index contributed by atoms with van der Waals surface area (Å²) in [5.41, 5.74) is 1.12. The number of anilines is 1. The van der Waals surface area contributed by atoms with Gasteiger partial charge in [0.15, 0.2) is 5.82 Å². The number of carbonyl (C=O) groups is 1. The maximum atomic E-state index is 12.9. The molecule has 1 amide bonds. The monoisotopic (exact) mass is 386 g/mol. The zero-order chi connectivity index (χ0) is 19.8. The summed E-state index contributed by atoms with van der Waals surface area (Å²) in [7, 11) is 0. The van der Waals surface area contributed by atoms with Crippen LogP contribution in [0.5, 0.6) is 0 Å². The number of nitrogens with zero attached hydrogens (tertiary/aromatic N) is 5. The summed E-state index contributed by atoms with van der Waals surface area (Å²) in [5, 5.41) is 1.47. The van der Waals surface area contributed by atoms with Crippen LogP contribution in [-0.2, 0) is 0 Å². The van der Waals surface area contributed by atoms with Crippen molar-refractivity contribution in [1.82, 2.24) is 24.8 Å². The van der Waals surface area contributed by atoms with Gasteiger partial charge in [0.2, 0.25) is 0 Å². The molecule has 1 aliphatic rings. The second-order valence-electron chi connectivity index (χ2n) is 6.93. The van der Waals surface area contributed by atoms with Crippen LogP contribution in [0.25, 0.3) is 21.8 Å². The van der Waals surface area contributed by atoms with E-state index >= 15 is 0 Å². The van der Waals surface area contributed by atoms with Gasteiger partial charge >= 0.3 is 0 Å². The van der Waals surface area contributed by atoms with Crippen LogP contribution < -0.4 is 10.5 Å². The van der Waals surface area contributed by atoms with E-state index in [1.165, 1.54) is 0 Å². The highest BCUT2D eigenvalue weighted by atomic mass is 16.2. The molecular weight excluding hydrogens is 368 g/mol. The topological polar surface area (TPSA) is 95.1 Å². The molecular formula is C21H18N6O2. The third-order valence-electron chi connectivity index (χ3n) is 5.20. The quantitative estimate of drug-likeness (QED) is 0.565. The normalized spacial score (nSPS) is 14.5. The van der Waals surface area contributed by atoms with Crippen molar-refractivity contribution in [3.8, 4) is 0 Å². The van der Waals surface area contributed by atoms with E-state index in [0.29, 0.717) is 37.1 Å². The Morgan fingerprint density at radius 3 is 2.34 bits per heavy atom. The average molecular weight is 386 g/mol. The number of fused-ring (bicyclic) bond motifs is 2. The molecule has 29 heavy (non-hydrogen) atoms. The zero-order valence-corrected chi connectivity index (χ0v) is 15.6. The van der Waals surface area contributed by atoms with Crippen LogP contribution in [-0.4, -0.2) is 56.9 Å². The second kappa shape index (κ2) is 6.97. The van der Waals surface area contributed by atoms with Crippen LogP contribution in [0.15, 0.2) is 59.7 Å². The van der Waals surface area contributed by atoms with Crippen molar-refractivity contribution in [3.05, 3.63) is 71.0 Å². The largest absolute Gasteiger partial charge is 0.352 e. The Bertz CT molecular complexity index is 1270. The first kappa shape index (κ1) is 17.3. The summed E-state index contributed by atoms with van der Waals surface area (Å²) in [6, 6.07) is 14.9. The van der Waals surface area contributed by atoms with Crippen LogP contribution in [0, 0.1) is 0 Å².